The first-order valence-corrected chi connectivity index (χ1v) is 13.5. The largest absolute Gasteiger partial charge is 0.328 e. The molecule has 0 fully saturated rings. The SMILES string of the molecule is CCC(c1nc2ccccc2c(=O)n1-c1ccc(C)c(C)c1)N(CCc1ccccc1)C(=O)c1ccccc1. The van der Waals surface area contributed by atoms with E-state index in [1.165, 1.54) is 0 Å². The standard InChI is InChI=1S/C34H33N3O2/c1-4-31(36(22-21-26-13-7-5-8-14-26)33(38)27-15-9-6-10-16-27)32-35-30-18-12-11-17-29(30)34(39)37(32)28-20-19-24(2)25(3)23-28/h5-20,23,31H,4,21-22H2,1-3H3. The Kier molecular flexibility index (Phi) is 7.69. The molecule has 1 aromatic heterocycles. The molecule has 1 amide bonds. The minimum atomic E-state index is -0.416. The van der Waals surface area contributed by atoms with Crippen molar-refractivity contribution in [3.63, 3.8) is 0 Å². The molecule has 0 bridgehead atoms. The van der Waals surface area contributed by atoms with Crippen molar-refractivity contribution in [3.05, 3.63) is 142 Å². The Morgan fingerprint density at radius 1 is 0.846 bits per heavy atom. The number of amides is 1. The lowest BCUT2D eigenvalue weighted by Gasteiger charge is -2.32. The molecule has 1 heterocycles. The van der Waals surface area contributed by atoms with Crippen molar-refractivity contribution in [2.45, 2.75) is 39.7 Å². The Morgan fingerprint density at radius 3 is 2.21 bits per heavy atom. The number of nitrogens with zero attached hydrogens (tertiary/aromatic N) is 3. The molecule has 4 aromatic carbocycles. The second-order valence-corrected chi connectivity index (χ2v) is 9.92. The fourth-order valence-corrected chi connectivity index (χ4v) is 5.07. The monoisotopic (exact) mass is 515 g/mol. The van der Waals surface area contributed by atoms with E-state index in [1.54, 1.807) is 4.57 Å². The highest BCUT2D eigenvalue weighted by Crippen LogP contribution is 2.28. The van der Waals surface area contributed by atoms with Gasteiger partial charge in [0.15, 0.2) is 0 Å². The molecule has 0 aliphatic heterocycles. The van der Waals surface area contributed by atoms with Crippen LogP contribution in [0.1, 0.15) is 52.3 Å². The van der Waals surface area contributed by atoms with E-state index in [9.17, 15) is 9.59 Å². The summed E-state index contributed by atoms with van der Waals surface area (Å²) in [6.45, 7) is 6.64. The molecule has 1 atom stereocenters. The predicted molar refractivity (Wildman–Crippen MR) is 157 cm³/mol. The quantitative estimate of drug-likeness (QED) is 0.227. The second-order valence-electron chi connectivity index (χ2n) is 9.92. The maximum atomic E-state index is 14.0. The highest BCUT2D eigenvalue weighted by molar-refractivity contribution is 5.94. The van der Waals surface area contributed by atoms with Crippen LogP contribution in [0.25, 0.3) is 16.6 Å². The molecule has 5 nitrogen and oxygen atoms in total. The van der Waals surface area contributed by atoms with Gasteiger partial charge in [-0.05, 0) is 79.8 Å². The minimum absolute atomic E-state index is 0.0765. The fourth-order valence-electron chi connectivity index (χ4n) is 5.07. The van der Waals surface area contributed by atoms with Crippen LogP contribution in [0.3, 0.4) is 0 Å². The summed E-state index contributed by atoms with van der Waals surface area (Å²) in [5.41, 5.74) is 5.26. The lowest BCUT2D eigenvalue weighted by Crippen LogP contribution is -2.39. The van der Waals surface area contributed by atoms with E-state index in [0.29, 0.717) is 41.7 Å². The van der Waals surface area contributed by atoms with Crippen molar-refractivity contribution in [2.75, 3.05) is 6.54 Å². The number of rotatable bonds is 8. The van der Waals surface area contributed by atoms with Gasteiger partial charge in [-0.15, -0.1) is 0 Å². The zero-order chi connectivity index (χ0) is 27.4. The Labute approximate surface area is 229 Å². The van der Waals surface area contributed by atoms with Gasteiger partial charge < -0.3 is 4.90 Å². The maximum Gasteiger partial charge on any atom is 0.266 e. The highest BCUT2D eigenvalue weighted by Gasteiger charge is 2.29. The van der Waals surface area contributed by atoms with E-state index < -0.39 is 6.04 Å². The van der Waals surface area contributed by atoms with Crippen LogP contribution in [0.15, 0.2) is 108 Å². The molecule has 0 radical (unpaired) electrons. The number of aryl methyl sites for hydroxylation is 2. The van der Waals surface area contributed by atoms with Gasteiger partial charge in [0.1, 0.15) is 5.82 Å². The lowest BCUT2D eigenvalue weighted by atomic mass is 10.0. The zero-order valence-corrected chi connectivity index (χ0v) is 22.7. The summed E-state index contributed by atoms with van der Waals surface area (Å²) in [5.74, 6) is 0.495. The molecule has 0 aliphatic carbocycles. The average Bonchev–Trinajstić information content (AvgIpc) is 2.97. The molecule has 5 heteroatoms. The number of hydrogen-bond donors (Lipinski definition) is 0. The Bertz CT molecular complexity index is 1660. The molecule has 196 valence electrons. The van der Waals surface area contributed by atoms with Gasteiger partial charge in [-0.3, -0.25) is 14.2 Å². The van der Waals surface area contributed by atoms with Crippen LogP contribution in [0.2, 0.25) is 0 Å². The third-order valence-electron chi connectivity index (χ3n) is 7.38. The van der Waals surface area contributed by atoms with Crippen LogP contribution in [0, 0.1) is 13.8 Å². The first-order chi connectivity index (χ1) is 19.0. The van der Waals surface area contributed by atoms with Crippen molar-refractivity contribution >= 4 is 16.8 Å². The average molecular weight is 516 g/mol. The van der Waals surface area contributed by atoms with Crippen molar-refractivity contribution < 1.29 is 4.79 Å². The van der Waals surface area contributed by atoms with Crippen LogP contribution in [-0.4, -0.2) is 26.9 Å². The van der Waals surface area contributed by atoms with Gasteiger partial charge in [-0.25, -0.2) is 4.98 Å². The summed E-state index contributed by atoms with van der Waals surface area (Å²) < 4.78 is 1.71. The van der Waals surface area contributed by atoms with Gasteiger partial charge >= 0.3 is 0 Å². The zero-order valence-electron chi connectivity index (χ0n) is 22.7. The maximum absolute atomic E-state index is 14.0. The summed E-state index contributed by atoms with van der Waals surface area (Å²) in [6.07, 6.45) is 1.29. The van der Waals surface area contributed by atoms with Crippen molar-refractivity contribution in [2.24, 2.45) is 0 Å². The normalized spacial score (nSPS) is 11.9. The first-order valence-electron chi connectivity index (χ1n) is 13.5. The lowest BCUT2D eigenvalue weighted by molar-refractivity contribution is 0.0662. The molecule has 5 rings (SSSR count). The molecule has 0 saturated heterocycles. The van der Waals surface area contributed by atoms with Gasteiger partial charge in [0, 0.05) is 12.1 Å². The molecule has 1 unspecified atom stereocenters. The summed E-state index contributed by atoms with van der Waals surface area (Å²) in [6, 6.07) is 32.5. The third-order valence-corrected chi connectivity index (χ3v) is 7.38. The van der Waals surface area contributed by atoms with Gasteiger partial charge in [0.25, 0.3) is 11.5 Å². The molecule has 5 aromatic rings. The molecule has 0 N–H and O–H groups in total. The van der Waals surface area contributed by atoms with Crippen LogP contribution < -0.4 is 5.56 Å². The van der Waals surface area contributed by atoms with E-state index >= 15 is 0 Å². The van der Waals surface area contributed by atoms with Crippen LogP contribution in [-0.2, 0) is 6.42 Å². The number of benzene rings is 4. The van der Waals surface area contributed by atoms with E-state index in [2.05, 4.69) is 19.1 Å². The van der Waals surface area contributed by atoms with E-state index in [0.717, 1.165) is 22.4 Å². The van der Waals surface area contributed by atoms with Crippen LogP contribution in [0.5, 0.6) is 0 Å². The van der Waals surface area contributed by atoms with Crippen LogP contribution in [0.4, 0.5) is 0 Å². The summed E-state index contributed by atoms with van der Waals surface area (Å²) in [7, 11) is 0. The topological polar surface area (TPSA) is 55.2 Å². The van der Waals surface area contributed by atoms with Gasteiger partial charge in [0.05, 0.1) is 22.6 Å². The van der Waals surface area contributed by atoms with Crippen molar-refractivity contribution in [1.29, 1.82) is 0 Å². The van der Waals surface area contributed by atoms with Gasteiger partial charge in [-0.1, -0.05) is 73.7 Å². The van der Waals surface area contributed by atoms with Gasteiger partial charge in [-0.2, -0.15) is 0 Å². The molecular formula is C34H33N3O2. The van der Waals surface area contributed by atoms with Crippen molar-refractivity contribution in [3.8, 4) is 5.69 Å². The summed E-state index contributed by atoms with van der Waals surface area (Å²) in [4.78, 5) is 35.0. The number of carbonyl (C=O) groups excluding carboxylic acids is 1. The number of fused-ring (bicyclic) bond motifs is 1. The minimum Gasteiger partial charge on any atom is -0.328 e. The third kappa shape index (κ3) is 5.39. The molecule has 0 aliphatic rings. The highest BCUT2D eigenvalue weighted by atomic mass is 16.2. The first kappa shape index (κ1) is 26.1. The number of para-hydroxylation sites is 1. The Balaban J connectivity index is 1.70. The number of carbonyl (C=O) groups is 1. The van der Waals surface area contributed by atoms with E-state index in [-0.39, 0.29) is 11.5 Å². The van der Waals surface area contributed by atoms with Gasteiger partial charge in [0.2, 0.25) is 0 Å². The Hall–Kier alpha value is -4.51. The molecule has 39 heavy (non-hydrogen) atoms. The Morgan fingerprint density at radius 2 is 1.51 bits per heavy atom. The predicted octanol–water partition coefficient (Wildman–Crippen LogP) is 6.84. The fraction of sp³-hybridized carbons (Fsp3) is 0.206. The second kappa shape index (κ2) is 11.5. The molecule has 0 saturated carbocycles. The van der Waals surface area contributed by atoms with Crippen LogP contribution >= 0.6 is 0 Å². The molecular weight excluding hydrogens is 482 g/mol. The smallest absolute Gasteiger partial charge is 0.266 e. The summed E-state index contributed by atoms with van der Waals surface area (Å²) in [5, 5.41) is 0.555. The number of aromatic nitrogens is 2. The molecule has 0 spiro atoms. The van der Waals surface area contributed by atoms with E-state index in [1.807, 2.05) is 110 Å². The summed E-state index contributed by atoms with van der Waals surface area (Å²) >= 11 is 0. The van der Waals surface area contributed by atoms with E-state index in [4.69, 9.17) is 4.98 Å². The van der Waals surface area contributed by atoms with Crippen molar-refractivity contribution in [1.82, 2.24) is 14.5 Å². The number of hydrogen-bond acceptors (Lipinski definition) is 3.